The normalized spacial score (nSPS) is 18.0. The molecule has 1 fully saturated rings. The molecule has 122 valence electrons. The Labute approximate surface area is 139 Å². The van der Waals surface area contributed by atoms with Gasteiger partial charge in [0.1, 0.15) is 17.6 Å². The average molecular weight is 322 g/mol. The highest BCUT2D eigenvalue weighted by molar-refractivity contribution is 5.95. The Bertz CT molecular complexity index is 889. The Hall–Kier alpha value is -2.73. The van der Waals surface area contributed by atoms with Crippen LogP contribution in [-0.4, -0.2) is 45.5 Å². The van der Waals surface area contributed by atoms with E-state index in [1.165, 1.54) is 0 Å². The lowest BCUT2D eigenvalue weighted by Crippen LogP contribution is -2.42. The van der Waals surface area contributed by atoms with Crippen LogP contribution in [0.3, 0.4) is 0 Å². The van der Waals surface area contributed by atoms with Gasteiger partial charge in [0, 0.05) is 23.8 Å². The Balaban J connectivity index is 1.56. The molecule has 1 amide bonds. The molecule has 1 aromatic carbocycles. The van der Waals surface area contributed by atoms with E-state index in [0.29, 0.717) is 25.4 Å². The predicted molar refractivity (Wildman–Crippen MR) is 89.7 cm³/mol. The van der Waals surface area contributed by atoms with Gasteiger partial charge >= 0.3 is 0 Å². The molecule has 2 aromatic heterocycles. The number of nitrogens with zero attached hydrogens (tertiary/aromatic N) is 3. The zero-order valence-electron chi connectivity index (χ0n) is 13.4. The van der Waals surface area contributed by atoms with Crippen molar-refractivity contribution < 1.29 is 9.53 Å². The first kappa shape index (κ1) is 14.8. The topological polar surface area (TPSA) is 71.1 Å². The van der Waals surface area contributed by atoms with Crippen molar-refractivity contribution in [1.82, 2.24) is 19.9 Å². The number of carbonyl (C=O) groups excluding carboxylic acids is 1. The van der Waals surface area contributed by atoms with E-state index in [1.54, 1.807) is 17.2 Å². The lowest BCUT2D eigenvalue weighted by atomic mass is 10.2. The third kappa shape index (κ3) is 2.76. The highest BCUT2D eigenvalue weighted by Gasteiger charge is 2.28. The fourth-order valence-electron chi connectivity index (χ4n) is 2.94. The molecule has 6 nitrogen and oxygen atoms in total. The molecule has 24 heavy (non-hydrogen) atoms. The molecule has 1 aliphatic rings. The monoisotopic (exact) mass is 322 g/mol. The molecule has 0 saturated carbocycles. The van der Waals surface area contributed by atoms with Gasteiger partial charge in [-0.15, -0.1) is 0 Å². The molecule has 1 saturated heterocycles. The summed E-state index contributed by atoms with van der Waals surface area (Å²) in [6.45, 7) is 3.47. The number of hydrogen-bond donors (Lipinski definition) is 1. The summed E-state index contributed by atoms with van der Waals surface area (Å²) in [7, 11) is 0. The van der Waals surface area contributed by atoms with Gasteiger partial charge in [0.25, 0.3) is 5.91 Å². The molecular weight excluding hydrogens is 304 g/mol. The molecule has 3 aromatic rings. The van der Waals surface area contributed by atoms with Gasteiger partial charge in [0.05, 0.1) is 18.7 Å². The first-order valence-electron chi connectivity index (χ1n) is 7.99. The molecule has 1 unspecified atom stereocenters. The van der Waals surface area contributed by atoms with E-state index in [-0.39, 0.29) is 12.0 Å². The van der Waals surface area contributed by atoms with Gasteiger partial charge in [0.2, 0.25) is 0 Å². The maximum absolute atomic E-state index is 12.8. The number of hydrogen-bond acceptors (Lipinski definition) is 4. The van der Waals surface area contributed by atoms with E-state index in [9.17, 15) is 4.79 Å². The van der Waals surface area contributed by atoms with Gasteiger partial charge in [-0.3, -0.25) is 4.79 Å². The minimum Gasteiger partial charge on any atom is -0.367 e. The molecule has 0 aliphatic carbocycles. The lowest BCUT2D eigenvalue weighted by Gasteiger charge is -2.31. The quantitative estimate of drug-likeness (QED) is 0.787. The number of amides is 1. The van der Waals surface area contributed by atoms with Gasteiger partial charge in [-0.25, -0.2) is 9.97 Å². The van der Waals surface area contributed by atoms with Crippen molar-refractivity contribution in [1.29, 1.82) is 0 Å². The fraction of sp³-hybridized carbons (Fsp3) is 0.278. The number of pyridine rings is 1. The third-order valence-electron chi connectivity index (χ3n) is 4.20. The molecule has 3 heterocycles. The largest absolute Gasteiger partial charge is 0.367 e. The van der Waals surface area contributed by atoms with Crippen LogP contribution in [0, 0.1) is 6.92 Å². The van der Waals surface area contributed by atoms with Crippen LogP contribution in [0.2, 0.25) is 0 Å². The Kier molecular flexibility index (Phi) is 3.74. The molecule has 1 aliphatic heterocycles. The predicted octanol–water partition coefficient (Wildman–Crippen LogP) is 2.48. The number of para-hydroxylation sites is 1. The summed E-state index contributed by atoms with van der Waals surface area (Å²) in [5.74, 6) is 0.689. The highest BCUT2D eigenvalue weighted by Crippen LogP contribution is 2.21. The van der Waals surface area contributed by atoms with Gasteiger partial charge in [-0.1, -0.05) is 24.3 Å². The van der Waals surface area contributed by atoms with E-state index in [0.717, 1.165) is 22.4 Å². The summed E-state index contributed by atoms with van der Waals surface area (Å²) in [5, 5.41) is 1.03. The number of fused-ring (bicyclic) bond motifs is 1. The molecule has 1 N–H and O–H groups in total. The number of morpholine rings is 1. The number of benzene rings is 1. The third-order valence-corrected chi connectivity index (χ3v) is 4.20. The molecule has 4 rings (SSSR count). The smallest absolute Gasteiger partial charge is 0.272 e. The number of ether oxygens (including phenoxy) is 1. The summed E-state index contributed by atoms with van der Waals surface area (Å²) in [6.07, 6.45) is 1.54. The standard InChI is InChI=1S/C18H18N4O2/c1-12-10-19-17(20-12)16-11-22(8-9-24-16)18(23)15-7-6-13-4-2-3-5-14(13)21-15/h2-7,10,16H,8-9,11H2,1H3,(H,19,20). The van der Waals surface area contributed by atoms with Crippen molar-refractivity contribution in [2.75, 3.05) is 19.7 Å². The van der Waals surface area contributed by atoms with Crippen LogP contribution in [0.4, 0.5) is 0 Å². The highest BCUT2D eigenvalue weighted by atomic mass is 16.5. The van der Waals surface area contributed by atoms with Gasteiger partial charge in [-0.05, 0) is 19.1 Å². The maximum atomic E-state index is 12.8. The number of aromatic nitrogens is 3. The summed E-state index contributed by atoms with van der Waals surface area (Å²) < 4.78 is 5.76. The Morgan fingerprint density at radius 1 is 1.29 bits per heavy atom. The maximum Gasteiger partial charge on any atom is 0.272 e. The average Bonchev–Trinajstić information content (AvgIpc) is 3.07. The molecular formula is C18H18N4O2. The van der Waals surface area contributed by atoms with Crippen molar-refractivity contribution >= 4 is 16.8 Å². The Morgan fingerprint density at radius 3 is 3.00 bits per heavy atom. The number of nitrogens with one attached hydrogen (secondary N) is 1. The van der Waals surface area contributed by atoms with Gasteiger partial charge < -0.3 is 14.6 Å². The first-order chi connectivity index (χ1) is 11.7. The van der Waals surface area contributed by atoms with Crippen molar-refractivity contribution in [3.8, 4) is 0 Å². The molecule has 6 heteroatoms. The zero-order chi connectivity index (χ0) is 16.5. The van der Waals surface area contributed by atoms with Crippen molar-refractivity contribution in [2.24, 2.45) is 0 Å². The van der Waals surface area contributed by atoms with Crippen LogP contribution in [0.15, 0.2) is 42.6 Å². The molecule has 0 bridgehead atoms. The second-order valence-electron chi connectivity index (χ2n) is 5.95. The van der Waals surface area contributed by atoms with E-state index in [4.69, 9.17) is 4.74 Å². The van der Waals surface area contributed by atoms with E-state index in [2.05, 4.69) is 15.0 Å². The molecule has 0 spiro atoms. The van der Waals surface area contributed by atoms with Crippen LogP contribution in [0.1, 0.15) is 28.1 Å². The SMILES string of the molecule is Cc1cnc(C2CN(C(=O)c3ccc4ccccc4n3)CCO2)[nH]1. The van der Waals surface area contributed by atoms with E-state index in [1.807, 2.05) is 37.3 Å². The van der Waals surface area contributed by atoms with Crippen molar-refractivity contribution in [2.45, 2.75) is 13.0 Å². The zero-order valence-corrected chi connectivity index (χ0v) is 13.4. The second kappa shape index (κ2) is 6.05. The number of H-pyrrole nitrogens is 1. The van der Waals surface area contributed by atoms with E-state index < -0.39 is 0 Å². The summed E-state index contributed by atoms with van der Waals surface area (Å²) in [5.41, 5.74) is 2.27. The second-order valence-corrected chi connectivity index (χ2v) is 5.95. The fourth-order valence-corrected chi connectivity index (χ4v) is 2.94. The van der Waals surface area contributed by atoms with Crippen LogP contribution >= 0.6 is 0 Å². The van der Waals surface area contributed by atoms with Crippen LogP contribution in [-0.2, 0) is 4.74 Å². The lowest BCUT2D eigenvalue weighted by molar-refractivity contribution is -0.0266. The minimum absolute atomic E-state index is 0.0719. The summed E-state index contributed by atoms with van der Waals surface area (Å²) in [6, 6.07) is 11.5. The number of aryl methyl sites for hydroxylation is 1. The Morgan fingerprint density at radius 2 is 2.17 bits per heavy atom. The van der Waals surface area contributed by atoms with Crippen LogP contribution in [0.5, 0.6) is 0 Å². The van der Waals surface area contributed by atoms with Gasteiger partial charge in [0.15, 0.2) is 0 Å². The van der Waals surface area contributed by atoms with Crippen molar-refractivity contribution in [3.05, 3.63) is 59.8 Å². The summed E-state index contributed by atoms with van der Waals surface area (Å²) in [4.78, 5) is 26.6. The molecule has 0 radical (unpaired) electrons. The van der Waals surface area contributed by atoms with Crippen LogP contribution < -0.4 is 0 Å². The number of aromatic amines is 1. The number of imidazole rings is 1. The van der Waals surface area contributed by atoms with Gasteiger partial charge in [-0.2, -0.15) is 0 Å². The van der Waals surface area contributed by atoms with E-state index >= 15 is 0 Å². The van der Waals surface area contributed by atoms with Crippen molar-refractivity contribution in [3.63, 3.8) is 0 Å². The molecule has 1 atom stereocenters. The number of carbonyl (C=O) groups is 1. The summed E-state index contributed by atoms with van der Waals surface area (Å²) >= 11 is 0. The minimum atomic E-state index is -0.225. The first-order valence-corrected chi connectivity index (χ1v) is 7.99. The number of rotatable bonds is 2. The van der Waals surface area contributed by atoms with Crippen LogP contribution in [0.25, 0.3) is 10.9 Å².